The summed E-state index contributed by atoms with van der Waals surface area (Å²) in [6, 6.07) is 10.7. The lowest BCUT2D eigenvalue weighted by Crippen LogP contribution is -2.30. The van der Waals surface area contributed by atoms with Gasteiger partial charge in [-0.05, 0) is 58.8 Å². The highest BCUT2D eigenvalue weighted by atomic mass is 79.9. The van der Waals surface area contributed by atoms with E-state index in [2.05, 4.69) is 56.3 Å². The Bertz CT molecular complexity index is 644. The molecule has 0 aliphatic carbocycles. The predicted octanol–water partition coefficient (Wildman–Crippen LogP) is 4.68. The van der Waals surface area contributed by atoms with Crippen LogP contribution in [0.4, 0.5) is 0 Å². The molecule has 116 valence electrons. The summed E-state index contributed by atoms with van der Waals surface area (Å²) in [6.07, 6.45) is 4.14. The van der Waals surface area contributed by atoms with Crippen molar-refractivity contribution in [3.63, 3.8) is 0 Å². The van der Waals surface area contributed by atoms with Crippen LogP contribution in [0.1, 0.15) is 42.4 Å². The molecule has 0 amide bonds. The van der Waals surface area contributed by atoms with Crippen LogP contribution in [-0.2, 0) is 0 Å². The maximum absolute atomic E-state index is 5.59. The van der Waals surface area contributed by atoms with E-state index < -0.39 is 0 Å². The molecule has 0 unspecified atom stereocenters. The summed E-state index contributed by atoms with van der Waals surface area (Å²) < 4.78 is 1.15. The predicted molar refractivity (Wildman–Crippen MR) is 99.1 cm³/mol. The average molecular weight is 396 g/mol. The van der Waals surface area contributed by atoms with Crippen molar-refractivity contribution in [1.82, 2.24) is 15.2 Å². The number of rotatable bonds is 5. The van der Waals surface area contributed by atoms with E-state index in [1.54, 1.807) is 11.3 Å². The quantitative estimate of drug-likeness (QED) is 0.743. The fourth-order valence-electron chi connectivity index (χ4n) is 2.77. The minimum atomic E-state index is 0.108. The molecule has 1 saturated heterocycles. The number of thiocarbonyl (C=S) groups is 1. The number of aromatic nitrogens is 1. The lowest BCUT2D eigenvalue weighted by Gasteiger charge is -2.26. The summed E-state index contributed by atoms with van der Waals surface area (Å²) in [4.78, 5) is 8.16. The van der Waals surface area contributed by atoms with Gasteiger partial charge in [-0.1, -0.05) is 19.4 Å². The third-order valence-corrected chi connectivity index (χ3v) is 5.88. The van der Waals surface area contributed by atoms with E-state index in [0.717, 1.165) is 34.0 Å². The molecule has 0 aromatic carbocycles. The van der Waals surface area contributed by atoms with Crippen molar-refractivity contribution in [2.75, 3.05) is 6.54 Å². The third-order valence-electron chi connectivity index (χ3n) is 3.84. The first-order valence-corrected chi connectivity index (χ1v) is 9.45. The van der Waals surface area contributed by atoms with Gasteiger partial charge < -0.3 is 10.2 Å². The Morgan fingerprint density at radius 3 is 2.86 bits per heavy atom. The zero-order chi connectivity index (χ0) is 15.5. The number of nitrogens with zero attached hydrogens (tertiary/aromatic N) is 2. The first-order valence-electron chi connectivity index (χ1n) is 7.44. The molecule has 2 atom stereocenters. The molecule has 6 heteroatoms. The Morgan fingerprint density at radius 1 is 1.36 bits per heavy atom. The Morgan fingerprint density at radius 2 is 2.23 bits per heavy atom. The number of thiophene rings is 1. The van der Waals surface area contributed by atoms with Gasteiger partial charge in [-0.2, -0.15) is 0 Å². The lowest BCUT2D eigenvalue weighted by atomic mass is 10.0. The van der Waals surface area contributed by atoms with Crippen molar-refractivity contribution < 1.29 is 0 Å². The van der Waals surface area contributed by atoms with E-state index in [4.69, 9.17) is 12.2 Å². The standard InChI is InChI=1S/C16H18BrN3S2/c1-2-3-10-20-15(12-7-8-13(17)22-12)14(19-16(20)21)11-6-4-5-9-18-11/h4-9,14-15H,2-3,10H2,1H3,(H,19,21)/t14-,15+/m0/s1. The Hall–Kier alpha value is -0.980. The van der Waals surface area contributed by atoms with Gasteiger partial charge in [-0.25, -0.2) is 0 Å². The highest BCUT2D eigenvalue weighted by Crippen LogP contribution is 2.42. The van der Waals surface area contributed by atoms with E-state index in [0.29, 0.717) is 0 Å². The summed E-state index contributed by atoms with van der Waals surface area (Å²) in [5.74, 6) is 0. The van der Waals surface area contributed by atoms with Crippen LogP contribution in [0, 0.1) is 0 Å². The number of hydrogen-bond acceptors (Lipinski definition) is 3. The van der Waals surface area contributed by atoms with E-state index in [1.165, 1.54) is 4.88 Å². The second-order valence-corrected chi connectivity index (χ2v) is 8.20. The minimum absolute atomic E-state index is 0.108. The molecule has 1 aliphatic rings. The van der Waals surface area contributed by atoms with Crippen LogP contribution in [0.2, 0.25) is 0 Å². The summed E-state index contributed by atoms with van der Waals surface area (Å²) in [7, 11) is 0. The Kier molecular flexibility index (Phi) is 5.10. The van der Waals surface area contributed by atoms with Crippen LogP contribution < -0.4 is 5.32 Å². The van der Waals surface area contributed by atoms with Gasteiger partial charge >= 0.3 is 0 Å². The van der Waals surface area contributed by atoms with Crippen LogP contribution in [0.15, 0.2) is 40.3 Å². The van der Waals surface area contributed by atoms with Gasteiger partial charge in [0.15, 0.2) is 5.11 Å². The molecule has 3 nitrogen and oxygen atoms in total. The highest BCUT2D eigenvalue weighted by molar-refractivity contribution is 9.11. The van der Waals surface area contributed by atoms with Gasteiger partial charge in [0.25, 0.3) is 0 Å². The molecule has 2 aromatic heterocycles. The minimum Gasteiger partial charge on any atom is -0.352 e. The van der Waals surface area contributed by atoms with Gasteiger partial charge in [0.05, 0.1) is 21.6 Å². The van der Waals surface area contributed by atoms with Gasteiger partial charge in [0.2, 0.25) is 0 Å². The monoisotopic (exact) mass is 395 g/mol. The van der Waals surface area contributed by atoms with Gasteiger partial charge in [-0.15, -0.1) is 11.3 Å². The van der Waals surface area contributed by atoms with Crippen LogP contribution in [0.3, 0.4) is 0 Å². The van der Waals surface area contributed by atoms with Crippen LogP contribution in [0.5, 0.6) is 0 Å². The molecule has 3 rings (SSSR count). The number of halogens is 1. The van der Waals surface area contributed by atoms with Crippen LogP contribution >= 0.6 is 39.5 Å². The number of hydrogen-bond donors (Lipinski definition) is 1. The fraction of sp³-hybridized carbons (Fsp3) is 0.375. The molecule has 2 aromatic rings. The Balaban J connectivity index is 1.96. The third kappa shape index (κ3) is 3.19. The van der Waals surface area contributed by atoms with Crippen molar-refractivity contribution in [2.45, 2.75) is 31.8 Å². The average Bonchev–Trinajstić information content (AvgIpc) is 3.09. The number of nitrogens with one attached hydrogen (secondary N) is 1. The maximum Gasteiger partial charge on any atom is 0.170 e. The molecule has 3 heterocycles. The van der Waals surface area contributed by atoms with E-state index in [1.807, 2.05) is 18.3 Å². The number of unbranched alkanes of at least 4 members (excludes halogenated alkanes) is 1. The molecular weight excluding hydrogens is 378 g/mol. The zero-order valence-electron chi connectivity index (χ0n) is 12.3. The molecule has 1 aliphatic heterocycles. The van der Waals surface area contributed by atoms with E-state index in [9.17, 15) is 0 Å². The normalized spacial score (nSPS) is 21.2. The zero-order valence-corrected chi connectivity index (χ0v) is 15.5. The van der Waals surface area contributed by atoms with E-state index in [-0.39, 0.29) is 12.1 Å². The molecule has 1 fully saturated rings. The van der Waals surface area contributed by atoms with Crippen molar-refractivity contribution in [1.29, 1.82) is 0 Å². The molecule has 0 spiro atoms. The summed E-state index contributed by atoms with van der Waals surface area (Å²) in [5, 5.41) is 4.31. The second kappa shape index (κ2) is 7.06. The smallest absolute Gasteiger partial charge is 0.170 e. The van der Waals surface area contributed by atoms with Crippen molar-refractivity contribution in [3.8, 4) is 0 Å². The van der Waals surface area contributed by atoms with Crippen LogP contribution in [-0.4, -0.2) is 21.5 Å². The number of pyridine rings is 1. The largest absolute Gasteiger partial charge is 0.352 e. The molecule has 1 N–H and O–H groups in total. The fourth-order valence-corrected chi connectivity index (χ4v) is 4.68. The Labute approximate surface area is 148 Å². The van der Waals surface area contributed by atoms with Crippen molar-refractivity contribution >= 4 is 44.6 Å². The highest BCUT2D eigenvalue weighted by Gasteiger charge is 2.40. The topological polar surface area (TPSA) is 28.2 Å². The first kappa shape index (κ1) is 15.9. The molecule has 0 saturated carbocycles. The SMILES string of the molecule is CCCCN1C(=S)N[C@@H](c2ccccn2)[C@H]1c1ccc(Br)s1. The van der Waals surface area contributed by atoms with Crippen molar-refractivity contribution in [3.05, 3.63) is 50.9 Å². The van der Waals surface area contributed by atoms with E-state index >= 15 is 0 Å². The summed E-state index contributed by atoms with van der Waals surface area (Å²) >= 11 is 10.9. The second-order valence-electron chi connectivity index (χ2n) is 5.32. The van der Waals surface area contributed by atoms with Gasteiger partial charge in [0.1, 0.15) is 0 Å². The lowest BCUT2D eigenvalue weighted by molar-refractivity contribution is 0.317. The van der Waals surface area contributed by atoms with Gasteiger partial charge in [0, 0.05) is 17.6 Å². The summed E-state index contributed by atoms with van der Waals surface area (Å²) in [6.45, 7) is 3.19. The molecule has 22 heavy (non-hydrogen) atoms. The molecular formula is C16H18BrN3S2. The first-order chi connectivity index (χ1) is 10.7. The van der Waals surface area contributed by atoms with Crippen molar-refractivity contribution in [2.24, 2.45) is 0 Å². The summed E-state index contributed by atoms with van der Waals surface area (Å²) in [5.41, 5.74) is 1.04. The molecule has 0 radical (unpaired) electrons. The van der Waals surface area contributed by atoms with Crippen LogP contribution in [0.25, 0.3) is 0 Å². The molecule has 0 bridgehead atoms. The van der Waals surface area contributed by atoms with Gasteiger partial charge in [-0.3, -0.25) is 4.98 Å². The maximum atomic E-state index is 5.59.